The first-order valence-electron chi connectivity index (χ1n) is 6.78. The summed E-state index contributed by atoms with van der Waals surface area (Å²) in [5.74, 6) is 0.0962. The Kier molecular flexibility index (Phi) is 4.99. The molecule has 0 spiro atoms. The van der Waals surface area contributed by atoms with Crippen molar-refractivity contribution in [2.75, 3.05) is 6.54 Å². The van der Waals surface area contributed by atoms with Crippen molar-refractivity contribution in [2.24, 2.45) is 16.3 Å². The lowest BCUT2D eigenvalue weighted by Crippen LogP contribution is -2.52. The van der Waals surface area contributed by atoms with Crippen LogP contribution in [0, 0.1) is 5.41 Å². The van der Waals surface area contributed by atoms with Gasteiger partial charge >= 0.3 is 0 Å². The summed E-state index contributed by atoms with van der Waals surface area (Å²) < 4.78 is 0. The Morgan fingerprint density at radius 3 is 2.39 bits per heavy atom. The van der Waals surface area contributed by atoms with Crippen molar-refractivity contribution < 1.29 is 10.0 Å². The summed E-state index contributed by atoms with van der Waals surface area (Å²) in [6.07, 6.45) is 4.21. The van der Waals surface area contributed by atoms with Crippen LogP contribution in [-0.4, -0.2) is 34.4 Å². The molecule has 104 valence electrons. The molecule has 18 heavy (non-hydrogen) atoms. The molecule has 1 fully saturated rings. The van der Waals surface area contributed by atoms with Crippen molar-refractivity contribution in [1.82, 2.24) is 4.90 Å². The molecule has 0 aromatic rings. The van der Waals surface area contributed by atoms with Crippen LogP contribution in [0.1, 0.15) is 52.9 Å². The van der Waals surface area contributed by atoms with Crippen LogP contribution in [0.5, 0.6) is 0 Å². The topological polar surface area (TPSA) is 78.9 Å². The van der Waals surface area contributed by atoms with E-state index in [2.05, 4.69) is 5.16 Å². The van der Waals surface area contributed by atoms with E-state index in [0.29, 0.717) is 12.8 Å². The molecule has 0 aliphatic heterocycles. The monoisotopic (exact) mass is 255 g/mol. The van der Waals surface area contributed by atoms with Crippen molar-refractivity contribution in [3.05, 3.63) is 0 Å². The van der Waals surface area contributed by atoms with Crippen molar-refractivity contribution in [2.45, 2.75) is 58.9 Å². The zero-order valence-electron chi connectivity index (χ0n) is 11.6. The average Bonchev–Trinajstić information content (AvgIpc) is 2.84. The molecule has 5 nitrogen and oxygen atoms in total. The van der Waals surface area contributed by atoms with Crippen LogP contribution in [0.25, 0.3) is 0 Å². The van der Waals surface area contributed by atoms with Crippen LogP contribution in [0.15, 0.2) is 5.16 Å². The molecule has 5 heteroatoms. The van der Waals surface area contributed by atoms with Crippen LogP contribution < -0.4 is 5.73 Å². The lowest BCUT2D eigenvalue weighted by molar-refractivity contribution is -0.140. The van der Waals surface area contributed by atoms with Gasteiger partial charge in [-0.2, -0.15) is 0 Å². The molecule has 1 aliphatic rings. The number of carbonyl (C=O) groups is 1. The van der Waals surface area contributed by atoms with Gasteiger partial charge in [0.05, 0.1) is 0 Å². The standard InChI is InChI=1S/C13H25N3O2/c1-4-9-16(10(2)3)12(17)13(11(14)15-18)7-5-6-8-13/h10,18H,4-9H2,1-3H3,(H2,14,15). The third-order valence-electron chi connectivity index (χ3n) is 3.81. The van der Waals surface area contributed by atoms with Gasteiger partial charge in [-0.3, -0.25) is 4.79 Å². The van der Waals surface area contributed by atoms with E-state index in [0.717, 1.165) is 25.8 Å². The van der Waals surface area contributed by atoms with E-state index in [4.69, 9.17) is 10.9 Å². The molecule has 0 aromatic carbocycles. The molecular formula is C13H25N3O2. The molecule has 0 saturated heterocycles. The van der Waals surface area contributed by atoms with Crippen molar-refractivity contribution in [3.8, 4) is 0 Å². The van der Waals surface area contributed by atoms with Gasteiger partial charge in [-0.05, 0) is 33.1 Å². The number of rotatable bonds is 5. The fourth-order valence-electron chi connectivity index (χ4n) is 2.76. The molecule has 1 aliphatic carbocycles. The number of carbonyl (C=O) groups excluding carboxylic acids is 1. The molecule has 1 amide bonds. The van der Waals surface area contributed by atoms with Gasteiger partial charge in [0.25, 0.3) is 0 Å². The second-order valence-corrected chi connectivity index (χ2v) is 5.37. The van der Waals surface area contributed by atoms with Gasteiger partial charge in [-0.25, -0.2) is 0 Å². The number of amides is 1. The normalized spacial score (nSPS) is 19.2. The first-order chi connectivity index (χ1) is 8.49. The van der Waals surface area contributed by atoms with Gasteiger partial charge in [-0.15, -0.1) is 0 Å². The van der Waals surface area contributed by atoms with Crippen LogP contribution in [0.4, 0.5) is 0 Å². The number of nitrogens with two attached hydrogens (primary N) is 1. The number of hydrogen-bond acceptors (Lipinski definition) is 3. The second-order valence-electron chi connectivity index (χ2n) is 5.37. The van der Waals surface area contributed by atoms with Gasteiger partial charge < -0.3 is 15.8 Å². The highest BCUT2D eigenvalue weighted by Crippen LogP contribution is 2.40. The van der Waals surface area contributed by atoms with E-state index in [1.807, 2.05) is 25.7 Å². The van der Waals surface area contributed by atoms with Gasteiger partial charge in [-0.1, -0.05) is 24.9 Å². The third kappa shape index (κ3) is 2.60. The molecule has 1 rings (SSSR count). The van der Waals surface area contributed by atoms with E-state index >= 15 is 0 Å². The molecule has 0 radical (unpaired) electrons. The van der Waals surface area contributed by atoms with Crippen LogP contribution in [0.3, 0.4) is 0 Å². The minimum absolute atomic E-state index is 0.0205. The Hall–Kier alpha value is -1.26. The van der Waals surface area contributed by atoms with E-state index in [9.17, 15) is 4.79 Å². The number of hydrogen-bond donors (Lipinski definition) is 2. The molecule has 1 saturated carbocycles. The summed E-state index contributed by atoms with van der Waals surface area (Å²) in [6, 6.07) is 0.140. The Morgan fingerprint density at radius 1 is 1.44 bits per heavy atom. The maximum absolute atomic E-state index is 12.8. The summed E-state index contributed by atoms with van der Waals surface area (Å²) in [4.78, 5) is 14.6. The Bertz CT molecular complexity index is 320. The van der Waals surface area contributed by atoms with Gasteiger partial charge in [0.15, 0.2) is 5.84 Å². The predicted octanol–water partition coefficient (Wildman–Crippen LogP) is 1.94. The SMILES string of the molecule is CCCN(C(=O)C1(/C(N)=N/O)CCCC1)C(C)C. The summed E-state index contributed by atoms with van der Waals surface area (Å²) in [5, 5.41) is 12.1. The molecule has 0 atom stereocenters. The summed E-state index contributed by atoms with van der Waals surface area (Å²) in [7, 11) is 0. The van der Waals surface area contributed by atoms with E-state index in [-0.39, 0.29) is 17.8 Å². The molecular weight excluding hydrogens is 230 g/mol. The van der Waals surface area contributed by atoms with Gasteiger partial charge in [0.1, 0.15) is 5.41 Å². The third-order valence-corrected chi connectivity index (χ3v) is 3.81. The van der Waals surface area contributed by atoms with Crippen molar-refractivity contribution in [1.29, 1.82) is 0 Å². The van der Waals surface area contributed by atoms with Crippen LogP contribution in [-0.2, 0) is 4.79 Å². The smallest absolute Gasteiger partial charge is 0.236 e. The molecule has 0 heterocycles. The van der Waals surface area contributed by atoms with Crippen LogP contribution in [0.2, 0.25) is 0 Å². The van der Waals surface area contributed by atoms with E-state index in [1.165, 1.54) is 0 Å². The maximum Gasteiger partial charge on any atom is 0.236 e. The zero-order valence-corrected chi connectivity index (χ0v) is 11.6. The first-order valence-corrected chi connectivity index (χ1v) is 6.78. The highest BCUT2D eigenvalue weighted by molar-refractivity contribution is 6.07. The maximum atomic E-state index is 12.8. The number of nitrogens with zero attached hydrogens (tertiary/aromatic N) is 2. The fraction of sp³-hybridized carbons (Fsp3) is 0.846. The zero-order chi connectivity index (χ0) is 13.8. The fourth-order valence-corrected chi connectivity index (χ4v) is 2.76. The van der Waals surface area contributed by atoms with Gasteiger partial charge in [0.2, 0.25) is 5.91 Å². The predicted molar refractivity (Wildman–Crippen MR) is 71.4 cm³/mol. The molecule has 0 unspecified atom stereocenters. The number of oxime groups is 1. The minimum atomic E-state index is -0.770. The summed E-state index contributed by atoms with van der Waals surface area (Å²) in [5.41, 5.74) is 5.03. The first kappa shape index (κ1) is 14.8. The lowest BCUT2D eigenvalue weighted by atomic mass is 9.82. The minimum Gasteiger partial charge on any atom is -0.409 e. The molecule has 3 N–H and O–H groups in total. The van der Waals surface area contributed by atoms with Crippen molar-refractivity contribution >= 4 is 11.7 Å². The quantitative estimate of drug-likeness (QED) is 0.341. The van der Waals surface area contributed by atoms with E-state index in [1.54, 1.807) is 0 Å². The Balaban J connectivity index is 3.02. The average molecular weight is 255 g/mol. The Morgan fingerprint density at radius 2 is 2.00 bits per heavy atom. The molecule has 0 bridgehead atoms. The number of amidine groups is 1. The van der Waals surface area contributed by atoms with Crippen molar-refractivity contribution in [3.63, 3.8) is 0 Å². The second kappa shape index (κ2) is 6.07. The molecule has 0 aromatic heterocycles. The van der Waals surface area contributed by atoms with E-state index < -0.39 is 5.41 Å². The van der Waals surface area contributed by atoms with Gasteiger partial charge in [0, 0.05) is 12.6 Å². The lowest BCUT2D eigenvalue weighted by Gasteiger charge is -2.35. The highest BCUT2D eigenvalue weighted by atomic mass is 16.4. The highest BCUT2D eigenvalue weighted by Gasteiger charge is 2.47. The summed E-state index contributed by atoms with van der Waals surface area (Å²) >= 11 is 0. The largest absolute Gasteiger partial charge is 0.409 e. The Labute approximate surface area is 109 Å². The van der Waals surface area contributed by atoms with Crippen LogP contribution >= 0.6 is 0 Å². The summed E-state index contributed by atoms with van der Waals surface area (Å²) in [6.45, 7) is 6.77.